The van der Waals surface area contributed by atoms with Crippen molar-refractivity contribution < 1.29 is 9.90 Å². The summed E-state index contributed by atoms with van der Waals surface area (Å²) in [7, 11) is 0. The third-order valence-electron chi connectivity index (χ3n) is 2.60. The van der Waals surface area contributed by atoms with Crippen molar-refractivity contribution >= 4 is 28.9 Å². The van der Waals surface area contributed by atoms with E-state index in [1.807, 2.05) is 0 Å². The summed E-state index contributed by atoms with van der Waals surface area (Å²) in [6.45, 7) is 1.73. The predicted molar refractivity (Wildman–Crippen MR) is 75.3 cm³/mol. The molecule has 1 aromatic carbocycles. The van der Waals surface area contributed by atoms with Gasteiger partial charge in [0.25, 0.3) is 5.91 Å². The lowest BCUT2D eigenvalue weighted by atomic mass is 10.1. The minimum atomic E-state index is -0.334. The Hall–Kier alpha value is -2.41. The second-order valence-corrected chi connectivity index (χ2v) is 4.42. The van der Waals surface area contributed by atoms with Gasteiger partial charge in [0.05, 0.1) is 11.8 Å². The molecular weight excluding hydrogens is 264 g/mol. The van der Waals surface area contributed by atoms with E-state index in [0.29, 0.717) is 22.5 Å². The minimum Gasteiger partial charge on any atom is -0.508 e. The number of aromatic amines is 1. The fraction of sp³-hybridized carbons (Fsp3) is 0.0833. The maximum Gasteiger partial charge on any atom is 0.257 e. The summed E-state index contributed by atoms with van der Waals surface area (Å²) in [5.41, 5.74) is 7.09. The molecule has 0 saturated carbocycles. The first kappa shape index (κ1) is 13.0. The molecule has 6 nitrogen and oxygen atoms in total. The van der Waals surface area contributed by atoms with E-state index in [0.717, 1.165) is 0 Å². The molecule has 0 spiro atoms. The smallest absolute Gasteiger partial charge is 0.257 e. The number of aryl methyl sites for hydroxylation is 1. The van der Waals surface area contributed by atoms with Crippen LogP contribution in [-0.2, 0) is 0 Å². The largest absolute Gasteiger partial charge is 0.508 e. The van der Waals surface area contributed by atoms with Crippen molar-refractivity contribution in [2.24, 2.45) is 5.73 Å². The van der Waals surface area contributed by atoms with Gasteiger partial charge in [-0.25, -0.2) is 0 Å². The first-order valence-electron chi connectivity index (χ1n) is 5.43. The molecule has 0 aliphatic heterocycles. The fourth-order valence-electron chi connectivity index (χ4n) is 1.65. The van der Waals surface area contributed by atoms with E-state index in [2.05, 4.69) is 15.5 Å². The van der Waals surface area contributed by atoms with Gasteiger partial charge in [0, 0.05) is 5.56 Å². The molecule has 5 N–H and O–H groups in total. The fourth-order valence-corrected chi connectivity index (χ4v) is 1.81. The number of nitrogens with two attached hydrogens (primary N) is 1. The number of anilines is 1. The normalized spacial score (nSPS) is 10.2. The van der Waals surface area contributed by atoms with Crippen molar-refractivity contribution in [1.29, 1.82) is 0 Å². The third-order valence-corrected chi connectivity index (χ3v) is 2.82. The maximum atomic E-state index is 12.1. The number of phenols is 1. The number of benzene rings is 1. The lowest BCUT2D eigenvalue weighted by Gasteiger charge is -2.07. The van der Waals surface area contributed by atoms with E-state index < -0.39 is 0 Å². The lowest BCUT2D eigenvalue weighted by molar-refractivity contribution is 0.102. The number of thiocarbonyl (C=S) groups is 1. The van der Waals surface area contributed by atoms with Crippen LogP contribution < -0.4 is 11.1 Å². The Kier molecular flexibility index (Phi) is 3.48. The average molecular weight is 276 g/mol. The highest BCUT2D eigenvalue weighted by atomic mass is 32.1. The Morgan fingerprint density at radius 2 is 2.21 bits per heavy atom. The Balaban J connectivity index is 2.26. The number of aromatic nitrogens is 2. The molecule has 0 radical (unpaired) electrons. The summed E-state index contributed by atoms with van der Waals surface area (Å²) in [6.07, 6.45) is 1.45. The number of hydrogen-bond donors (Lipinski definition) is 4. The number of rotatable bonds is 3. The molecular formula is C12H12N4O2S. The van der Waals surface area contributed by atoms with Gasteiger partial charge in [0.15, 0.2) is 0 Å². The number of aromatic hydroxyl groups is 1. The van der Waals surface area contributed by atoms with Crippen LogP contribution in [0.4, 0.5) is 5.82 Å². The quantitative estimate of drug-likeness (QED) is 0.633. The number of carbonyl (C=O) groups is 1. The molecule has 0 aliphatic carbocycles. The van der Waals surface area contributed by atoms with Crippen LogP contribution in [0.1, 0.15) is 21.5 Å². The zero-order valence-corrected chi connectivity index (χ0v) is 10.9. The highest BCUT2D eigenvalue weighted by molar-refractivity contribution is 7.80. The highest BCUT2D eigenvalue weighted by Crippen LogP contribution is 2.18. The van der Waals surface area contributed by atoms with Crippen LogP contribution in [0.15, 0.2) is 24.4 Å². The van der Waals surface area contributed by atoms with Gasteiger partial charge < -0.3 is 16.2 Å². The molecule has 2 rings (SSSR count). The summed E-state index contributed by atoms with van der Waals surface area (Å²) >= 11 is 4.85. The Labute approximate surface area is 114 Å². The molecule has 98 valence electrons. The van der Waals surface area contributed by atoms with Crippen LogP contribution in [0.25, 0.3) is 0 Å². The van der Waals surface area contributed by atoms with Crippen LogP contribution >= 0.6 is 12.2 Å². The second kappa shape index (κ2) is 5.07. The van der Waals surface area contributed by atoms with E-state index in [4.69, 9.17) is 18.0 Å². The molecule has 7 heteroatoms. The number of nitrogens with one attached hydrogen (secondary N) is 2. The van der Waals surface area contributed by atoms with Crippen LogP contribution in [0.3, 0.4) is 0 Å². The molecule has 0 atom stereocenters. The third kappa shape index (κ3) is 2.71. The van der Waals surface area contributed by atoms with E-state index in [9.17, 15) is 9.90 Å². The predicted octanol–water partition coefficient (Wildman–Crippen LogP) is 1.31. The zero-order valence-electron chi connectivity index (χ0n) is 10.1. The minimum absolute atomic E-state index is 0.111. The van der Waals surface area contributed by atoms with Crippen LogP contribution in [0, 0.1) is 6.92 Å². The molecule has 0 saturated heterocycles. The van der Waals surface area contributed by atoms with Gasteiger partial charge in [-0.1, -0.05) is 12.2 Å². The topological polar surface area (TPSA) is 104 Å². The zero-order chi connectivity index (χ0) is 14.0. The van der Waals surface area contributed by atoms with Crippen molar-refractivity contribution in [2.45, 2.75) is 6.92 Å². The Morgan fingerprint density at radius 1 is 1.47 bits per heavy atom. The summed E-state index contributed by atoms with van der Waals surface area (Å²) in [5.74, 6) is 0.128. The van der Waals surface area contributed by atoms with Crippen molar-refractivity contribution in [1.82, 2.24) is 10.2 Å². The number of hydrogen-bond acceptors (Lipinski definition) is 4. The van der Waals surface area contributed by atoms with Crippen LogP contribution in [0.2, 0.25) is 0 Å². The summed E-state index contributed by atoms with van der Waals surface area (Å²) in [5, 5.41) is 18.4. The van der Waals surface area contributed by atoms with Crippen molar-refractivity contribution in [3.05, 3.63) is 41.1 Å². The monoisotopic (exact) mass is 276 g/mol. The molecule has 0 bridgehead atoms. The molecule has 2 aromatic rings. The molecule has 0 fully saturated rings. The first-order valence-corrected chi connectivity index (χ1v) is 5.84. The van der Waals surface area contributed by atoms with Gasteiger partial charge in [-0.05, 0) is 30.7 Å². The number of H-pyrrole nitrogens is 1. The second-order valence-electron chi connectivity index (χ2n) is 3.98. The standard InChI is InChI=1S/C12H12N4O2S/c1-6-4-7(17)2-3-8(6)12(18)15-11-9(10(13)19)5-14-16-11/h2-5,17H,1H3,(H2,13,19)(H2,14,15,16,18). The maximum absolute atomic E-state index is 12.1. The highest BCUT2D eigenvalue weighted by Gasteiger charge is 2.14. The SMILES string of the molecule is Cc1cc(O)ccc1C(=O)Nc1[nH]ncc1C(N)=S. The van der Waals surface area contributed by atoms with Gasteiger partial charge in [0.2, 0.25) is 0 Å². The summed E-state index contributed by atoms with van der Waals surface area (Å²) in [6, 6.07) is 4.50. The summed E-state index contributed by atoms with van der Waals surface area (Å²) < 4.78 is 0. The van der Waals surface area contributed by atoms with E-state index >= 15 is 0 Å². The van der Waals surface area contributed by atoms with Gasteiger partial charge >= 0.3 is 0 Å². The van der Waals surface area contributed by atoms with Crippen molar-refractivity contribution in [2.75, 3.05) is 5.32 Å². The van der Waals surface area contributed by atoms with E-state index in [1.165, 1.54) is 24.4 Å². The molecule has 0 aliphatic rings. The van der Waals surface area contributed by atoms with Crippen molar-refractivity contribution in [3.8, 4) is 5.75 Å². The van der Waals surface area contributed by atoms with Gasteiger partial charge in [-0.2, -0.15) is 5.10 Å². The van der Waals surface area contributed by atoms with Gasteiger partial charge in [-0.15, -0.1) is 0 Å². The van der Waals surface area contributed by atoms with Gasteiger partial charge in [0.1, 0.15) is 16.6 Å². The number of amides is 1. The lowest BCUT2D eigenvalue weighted by Crippen LogP contribution is -2.17. The van der Waals surface area contributed by atoms with E-state index in [1.54, 1.807) is 6.92 Å². The van der Waals surface area contributed by atoms with Gasteiger partial charge in [-0.3, -0.25) is 9.89 Å². The number of phenolic OH excluding ortho intramolecular Hbond substituents is 1. The molecule has 1 heterocycles. The first-order chi connectivity index (χ1) is 8.99. The number of carbonyl (C=O) groups excluding carboxylic acids is 1. The van der Waals surface area contributed by atoms with Crippen LogP contribution in [-0.4, -0.2) is 26.2 Å². The number of nitrogens with zero attached hydrogens (tertiary/aromatic N) is 1. The average Bonchev–Trinajstić information content (AvgIpc) is 2.76. The molecule has 1 amide bonds. The van der Waals surface area contributed by atoms with Crippen LogP contribution in [0.5, 0.6) is 5.75 Å². The molecule has 19 heavy (non-hydrogen) atoms. The molecule has 0 unspecified atom stereocenters. The van der Waals surface area contributed by atoms with Crippen molar-refractivity contribution in [3.63, 3.8) is 0 Å². The molecule has 1 aromatic heterocycles. The Bertz CT molecular complexity index is 651. The summed E-state index contributed by atoms with van der Waals surface area (Å²) in [4.78, 5) is 12.2. The Morgan fingerprint density at radius 3 is 2.84 bits per heavy atom. The van der Waals surface area contributed by atoms with E-state index in [-0.39, 0.29) is 16.6 Å².